The van der Waals surface area contributed by atoms with Crippen LogP contribution in [0.1, 0.15) is 23.7 Å². The van der Waals surface area contributed by atoms with E-state index < -0.39 is 30.3 Å². The third-order valence-corrected chi connectivity index (χ3v) is 3.58. The first-order valence-electron chi connectivity index (χ1n) is 7.25. The number of likely N-dealkylation sites (N-methyl/N-ethyl adjacent to an activating group) is 1. The second-order valence-corrected chi connectivity index (χ2v) is 5.20. The van der Waals surface area contributed by atoms with Crippen molar-refractivity contribution in [3.8, 4) is 5.95 Å². The van der Waals surface area contributed by atoms with Gasteiger partial charge in [-0.05, 0) is 31.0 Å². The number of ether oxygens (including phenoxy) is 1. The quantitative estimate of drug-likeness (QED) is 0.833. The van der Waals surface area contributed by atoms with Crippen LogP contribution in [0.25, 0.3) is 0 Å². The number of carbonyl (C=O) groups is 1. The zero-order valence-corrected chi connectivity index (χ0v) is 13.5. The lowest BCUT2D eigenvalue weighted by Crippen LogP contribution is -2.31. The van der Waals surface area contributed by atoms with E-state index in [1.165, 1.54) is 11.8 Å². The van der Waals surface area contributed by atoms with Crippen LogP contribution in [-0.4, -0.2) is 24.7 Å². The molecule has 0 saturated carbocycles. The van der Waals surface area contributed by atoms with E-state index >= 15 is 0 Å². The lowest BCUT2D eigenvalue weighted by molar-refractivity contribution is -0.143. The maximum atomic E-state index is 12.6. The van der Waals surface area contributed by atoms with Gasteiger partial charge in [0.2, 0.25) is 0 Å². The van der Waals surface area contributed by atoms with Gasteiger partial charge in [0.25, 0.3) is 5.91 Å². The van der Waals surface area contributed by atoms with Gasteiger partial charge in [0.15, 0.2) is 12.3 Å². The molecule has 2 aromatic rings. The monoisotopic (exact) mass is 342 g/mol. The molecule has 2 rings (SSSR count). The SMILES string of the molecule is CCc1ccc(N(C)C(=O)COc2onc(C(F)(F)F)c2C)cc1. The second kappa shape index (κ2) is 6.94. The Labute approximate surface area is 137 Å². The molecule has 0 aliphatic rings. The fourth-order valence-electron chi connectivity index (χ4n) is 2.04. The number of alkyl halides is 3. The minimum Gasteiger partial charge on any atom is -0.453 e. The topological polar surface area (TPSA) is 55.6 Å². The molecule has 0 aliphatic heterocycles. The molecule has 0 aliphatic carbocycles. The lowest BCUT2D eigenvalue weighted by Gasteiger charge is -2.17. The zero-order valence-electron chi connectivity index (χ0n) is 13.5. The highest BCUT2D eigenvalue weighted by atomic mass is 19.4. The number of nitrogens with zero attached hydrogens (tertiary/aromatic N) is 2. The molecule has 0 bridgehead atoms. The minimum absolute atomic E-state index is 0.287. The number of aromatic nitrogens is 1. The summed E-state index contributed by atoms with van der Waals surface area (Å²) in [5.41, 5.74) is 0.345. The Balaban J connectivity index is 2.01. The van der Waals surface area contributed by atoms with Gasteiger partial charge in [-0.2, -0.15) is 13.2 Å². The fourth-order valence-corrected chi connectivity index (χ4v) is 2.04. The molecule has 1 heterocycles. The normalized spacial score (nSPS) is 11.4. The van der Waals surface area contributed by atoms with Gasteiger partial charge in [-0.25, -0.2) is 0 Å². The van der Waals surface area contributed by atoms with Gasteiger partial charge in [0.1, 0.15) is 0 Å². The van der Waals surface area contributed by atoms with Crippen molar-refractivity contribution >= 4 is 11.6 Å². The van der Waals surface area contributed by atoms with Crippen molar-refractivity contribution < 1.29 is 27.2 Å². The van der Waals surface area contributed by atoms with Crippen LogP contribution in [-0.2, 0) is 17.4 Å². The van der Waals surface area contributed by atoms with Crippen LogP contribution >= 0.6 is 0 Å². The van der Waals surface area contributed by atoms with Gasteiger partial charge >= 0.3 is 12.1 Å². The highest BCUT2D eigenvalue weighted by Crippen LogP contribution is 2.34. The number of benzene rings is 1. The maximum Gasteiger partial charge on any atom is 0.437 e. The first kappa shape index (κ1) is 17.8. The van der Waals surface area contributed by atoms with Gasteiger partial charge in [-0.3, -0.25) is 4.79 Å². The number of carbonyl (C=O) groups excluding carboxylic acids is 1. The van der Waals surface area contributed by atoms with Gasteiger partial charge < -0.3 is 14.2 Å². The van der Waals surface area contributed by atoms with Crippen molar-refractivity contribution in [3.63, 3.8) is 0 Å². The number of anilines is 1. The van der Waals surface area contributed by atoms with Gasteiger partial charge in [0.05, 0.1) is 5.56 Å². The third kappa shape index (κ3) is 3.87. The number of hydrogen-bond acceptors (Lipinski definition) is 4. The first-order valence-corrected chi connectivity index (χ1v) is 7.25. The molecule has 1 aromatic carbocycles. The van der Waals surface area contributed by atoms with Crippen LogP contribution in [0.5, 0.6) is 5.95 Å². The molecular weight excluding hydrogens is 325 g/mol. The van der Waals surface area contributed by atoms with E-state index in [0.29, 0.717) is 5.69 Å². The van der Waals surface area contributed by atoms with Crippen LogP contribution in [0.2, 0.25) is 0 Å². The molecule has 0 unspecified atom stereocenters. The Hall–Kier alpha value is -2.51. The maximum absolute atomic E-state index is 12.6. The molecule has 1 amide bonds. The van der Waals surface area contributed by atoms with Crippen molar-refractivity contribution in [2.24, 2.45) is 0 Å². The number of aryl methyl sites for hydroxylation is 1. The van der Waals surface area contributed by atoms with Crippen LogP contribution in [0.4, 0.5) is 18.9 Å². The lowest BCUT2D eigenvalue weighted by atomic mass is 10.1. The van der Waals surface area contributed by atoms with Crippen molar-refractivity contribution in [1.82, 2.24) is 5.16 Å². The molecule has 5 nitrogen and oxygen atoms in total. The Morgan fingerprint density at radius 1 is 1.29 bits per heavy atom. The van der Waals surface area contributed by atoms with E-state index in [2.05, 4.69) is 9.68 Å². The molecule has 0 saturated heterocycles. The summed E-state index contributed by atoms with van der Waals surface area (Å²) in [6, 6.07) is 7.38. The highest BCUT2D eigenvalue weighted by Gasteiger charge is 2.38. The van der Waals surface area contributed by atoms with E-state index in [9.17, 15) is 18.0 Å². The van der Waals surface area contributed by atoms with E-state index in [0.717, 1.165) is 12.0 Å². The number of hydrogen-bond donors (Lipinski definition) is 0. The molecule has 0 spiro atoms. The first-order chi connectivity index (χ1) is 11.2. The molecule has 0 radical (unpaired) electrons. The summed E-state index contributed by atoms with van der Waals surface area (Å²) in [7, 11) is 1.56. The molecule has 0 N–H and O–H groups in total. The van der Waals surface area contributed by atoms with Crippen LogP contribution in [0.15, 0.2) is 28.8 Å². The highest BCUT2D eigenvalue weighted by molar-refractivity contribution is 5.93. The second-order valence-electron chi connectivity index (χ2n) is 5.20. The van der Waals surface area contributed by atoms with Crippen molar-refractivity contribution in [3.05, 3.63) is 41.1 Å². The van der Waals surface area contributed by atoms with E-state index in [-0.39, 0.29) is 5.56 Å². The van der Waals surface area contributed by atoms with Crippen LogP contribution in [0, 0.1) is 6.92 Å². The third-order valence-electron chi connectivity index (χ3n) is 3.58. The molecule has 0 fully saturated rings. The average Bonchev–Trinajstić information content (AvgIpc) is 2.93. The van der Waals surface area contributed by atoms with Gasteiger partial charge in [-0.15, -0.1) is 0 Å². The van der Waals surface area contributed by atoms with Crippen molar-refractivity contribution in [2.45, 2.75) is 26.4 Å². The largest absolute Gasteiger partial charge is 0.453 e. The number of rotatable bonds is 5. The van der Waals surface area contributed by atoms with E-state index in [1.54, 1.807) is 19.2 Å². The molecule has 130 valence electrons. The summed E-state index contributed by atoms with van der Waals surface area (Å²) in [6.07, 6.45) is -3.75. The molecule has 8 heteroatoms. The number of halogens is 3. The summed E-state index contributed by atoms with van der Waals surface area (Å²) in [6.45, 7) is 2.73. The molecular formula is C16H17F3N2O3. The minimum atomic E-state index is -4.63. The summed E-state index contributed by atoms with van der Waals surface area (Å²) >= 11 is 0. The number of amides is 1. The molecule has 24 heavy (non-hydrogen) atoms. The van der Waals surface area contributed by atoms with Crippen molar-refractivity contribution in [1.29, 1.82) is 0 Å². The predicted octanol–water partition coefficient (Wildman–Crippen LogP) is 3.61. The Bertz CT molecular complexity index is 708. The Morgan fingerprint density at radius 2 is 1.92 bits per heavy atom. The van der Waals surface area contributed by atoms with Gasteiger partial charge in [0, 0.05) is 12.7 Å². The average molecular weight is 342 g/mol. The fraction of sp³-hybridized carbons (Fsp3) is 0.375. The van der Waals surface area contributed by atoms with Crippen molar-refractivity contribution in [2.75, 3.05) is 18.6 Å². The standard InChI is InChI=1S/C16H17F3N2O3/c1-4-11-5-7-12(8-6-11)21(3)13(22)9-23-15-10(2)14(20-24-15)16(17,18)19/h5-8H,4,9H2,1-3H3. The summed E-state index contributed by atoms with van der Waals surface area (Å²) in [5.74, 6) is -0.839. The van der Waals surface area contributed by atoms with Gasteiger partial charge in [-0.1, -0.05) is 24.2 Å². The van der Waals surface area contributed by atoms with E-state index in [4.69, 9.17) is 4.74 Å². The van der Waals surface area contributed by atoms with Crippen LogP contribution in [0.3, 0.4) is 0 Å². The predicted molar refractivity (Wildman–Crippen MR) is 81.0 cm³/mol. The summed E-state index contributed by atoms with van der Waals surface area (Å²) in [4.78, 5) is 13.5. The summed E-state index contributed by atoms with van der Waals surface area (Å²) in [5, 5.41) is 2.94. The smallest absolute Gasteiger partial charge is 0.437 e. The molecule has 0 atom stereocenters. The van der Waals surface area contributed by atoms with E-state index in [1.807, 2.05) is 19.1 Å². The Kier molecular flexibility index (Phi) is 5.16. The zero-order chi connectivity index (χ0) is 17.9. The summed E-state index contributed by atoms with van der Waals surface area (Å²) < 4.78 is 47.4. The molecule has 1 aromatic heterocycles. The van der Waals surface area contributed by atoms with Crippen LogP contribution < -0.4 is 9.64 Å². The Morgan fingerprint density at radius 3 is 2.42 bits per heavy atom.